The van der Waals surface area contributed by atoms with Gasteiger partial charge in [-0.3, -0.25) is 9.36 Å². The van der Waals surface area contributed by atoms with Gasteiger partial charge in [0.05, 0.1) is 27.2 Å². The van der Waals surface area contributed by atoms with Crippen LogP contribution in [0.2, 0.25) is 0 Å². The molecule has 20 heavy (non-hydrogen) atoms. The van der Waals surface area contributed by atoms with Crippen molar-refractivity contribution in [2.45, 2.75) is 46.3 Å². The molecule has 2 aromatic rings. The average Bonchev–Trinajstić information content (AvgIpc) is 2.93. The first kappa shape index (κ1) is 15.3. The van der Waals surface area contributed by atoms with Gasteiger partial charge < -0.3 is 5.11 Å². The summed E-state index contributed by atoms with van der Waals surface area (Å²) in [5.41, 5.74) is 3.82. The molecule has 0 saturated carbocycles. The summed E-state index contributed by atoms with van der Waals surface area (Å²) in [6, 6.07) is 1.97. The van der Waals surface area contributed by atoms with Crippen LogP contribution in [0.15, 0.2) is 10.5 Å². The van der Waals surface area contributed by atoms with Gasteiger partial charge in [0.1, 0.15) is 6.10 Å². The van der Waals surface area contributed by atoms with Crippen molar-refractivity contribution in [2.24, 2.45) is 7.05 Å². The summed E-state index contributed by atoms with van der Waals surface area (Å²) in [5, 5.41) is 19.3. The molecule has 0 radical (unpaired) electrons. The van der Waals surface area contributed by atoms with Crippen molar-refractivity contribution in [3.05, 3.63) is 33.3 Å². The van der Waals surface area contributed by atoms with E-state index >= 15 is 0 Å². The molecular weight excluding hydrogens is 320 g/mol. The van der Waals surface area contributed by atoms with Crippen LogP contribution in [0, 0.1) is 6.92 Å². The molecule has 1 atom stereocenters. The molecule has 1 unspecified atom stereocenters. The minimum atomic E-state index is -0.578. The van der Waals surface area contributed by atoms with Gasteiger partial charge in [-0.15, -0.1) is 0 Å². The number of aromatic nitrogens is 4. The van der Waals surface area contributed by atoms with Crippen LogP contribution in [0.25, 0.3) is 0 Å². The summed E-state index contributed by atoms with van der Waals surface area (Å²) in [4.78, 5) is 0. The Labute approximate surface area is 127 Å². The molecule has 5 nitrogen and oxygen atoms in total. The predicted octanol–water partition coefficient (Wildman–Crippen LogP) is 2.55. The number of hydrogen-bond acceptors (Lipinski definition) is 3. The zero-order valence-corrected chi connectivity index (χ0v) is 14.0. The number of aliphatic hydroxyl groups excluding tert-OH is 1. The lowest BCUT2D eigenvalue weighted by molar-refractivity contribution is 0.165. The Morgan fingerprint density at radius 2 is 2.05 bits per heavy atom. The Balaban J connectivity index is 2.27. The lowest BCUT2D eigenvalue weighted by atomic mass is 10.1. The van der Waals surface area contributed by atoms with Crippen LogP contribution in [-0.4, -0.2) is 24.7 Å². The highest BCUT2D eigenvalue weighted by Crippen LogP contribution is 2.26. The Morgan fingerprint density at radius 1 is 1.35 bits per heavy atom. The van der Waals surface area contributed by atoms with E-state index in [1.807, 2.05) is 31.6 Å². The highest BCUT2D eigenvalue weighted by molar-refractivity contribution is 9.10. The van der Waals surface area contributed by atoms with Crippen LogP contribution in [-0.2, 0) is 26.4 Å². The first-order valence-corrected chi connectivity index (χ1v) is 7.69. The second kappa shape index (κ2) is 6.10. The topological polar surface area (TPSA) is 55.9 Å². The molecule has 0 aromatic carbocycles. The van der Waals surface area contributed by atoms with Crippen molar-refractivity contribution < 1.29 is 5.11 Å². The fraction of sp³-hybridized carbons (Fsp3) is 0.571. The summed E-state index contributed by atoms with van der Waals surface area (Å²) < 4.78 is 4.67. The maximum atomic E-state index is 10.5. The maximum absolute atomic E-state index is 10.5. The van der Waals surface area contributed by atoms with Gasteiger partial charge in [0, 0.05) is 20.0 Å². The molecule has 2 aromatic heterocycles. The van der Waals surface area contributed by atoms with E-state index in [9.17, 15) is 5.11 Å². The third-order valence-corrected chi connectivity index (χ3v) is 4.54. The second-order valence-electron chi connectivity index (χ2n) is 4.92. The van der Waals surface area contributed by atoms with Gasteiger partial charge in [0.2, 0.25) is 0 Å². The molecule has 2 rings (SSSR count). The second-order valence-corrected chi connectivity index (χ2v) is 5.71. The van der Waals surface area contributed by atoms with Crippen LogP contribution in [0.1, 0.15) is 42.7 Å². The molecule has 0 saturated heterocycles. The summed E-state index contributed by atoms with van der Waals surface area (Å²) in [5.74, 6) is 0. The normalized spacial score (nSPS) is 12.9. The van der Waals surface area contributed by atoms with Gasteiger partial charge >= 0.3 is 0 Å². The third-order valence-electron chi connectivity index (χ3n) is 3.51. The number of aliphatic hydroxyl groups is 1. The molecule has 0 amide bonds. The van der Waals surface area contributed by atoms with E-state index < -0.39 is 6.10 Å². The van der Waals surface area contributed by atoms with E-state index in [1.165, 1.54) is 0 Å². The average molecular weight is 341 g/mol. The zero-order chi connectivity index (χ0) is 14.9. The highest BCUT2D eigenvalue weighted by Gasteiger charge is 2.20. The Hall–Kier alpha value is -1.14. The van der Waals surface area contributed by atoms with Gasteiger partial charge in [-0.05, 0) is 42.3 Å². The molecular formula is C14H21BrN4O. The molecule has 6 heteroatoms. The molecule has 1 N–H and O–H groups in total. The van der Waals surface area contributed by atoms with E-state index in [0.717, 1.165) is 40.2 Å². The van der Waals surface area contributed by atoms with Crippen LogP contribution in [0.4, 0.5) is 0 Å². The van der Waals surface area contributed by atoms with E-state index in [1.54, 1.807) is 4.68 Å². The summed E-state index contributed by atoms with van der Waals surface area (Å²) >= 11 is 3.56. The van der Waals surface area contributed by atoms with Gasteiger partial charge in [0.25, 0.3) is 0 Å². The lowest BCUT2D eigenvalue weighted by Crippen LogP contribution is -2.12. The Bertz CT molecular complexity index is 603. The monoisotopic (exact) mass is 340 g/mol. The van der Waals surface area contributed by atoms with Crippen molar-refractivity contribution >= 4 is 15.9 Å². The lowest BCUT2D eigenvalue weighted by Gasteiger charge is -2.12. The van der Waals surface area contributed by atoms with Crippen molar-refractivity contribution in [3.63, 3.8) is 0 Å². The van der Waals surface area contributed by atoms with Crippen LogP contribution >= 0.6 is 15.9 Å². The van der Waals surface area contributed by atoms with Crippen molar-refractivity contribution in [1.29, 1.82) is 0 Å². The largest absolute Gasteiger partial charge is 0.386 e. The number of aryl methyl sites for hydroxylation is 4. The van der Waals surface area contributed by atoms with Crippen molar-refractivity contribution in [2.75, 3.05) is 0 Å². The van der Waals surface area contributed by atoms with Gasteiger partial charge in [-0.2, -0.15) is 10.2 Å². The first-order chi connectivity index (χ1) is 9.47. The fourth-order valence-corrected chi connectivity index (χ4v) is 2.83. The van der Waals surface area contributed by atoms with Gasteiger partial charge in [-0.25, -0.2) is 0 Å². The van der Waals surface area contributed by atoms with Crippen molar-refractivity contribution in [3.8, 4) is 0 Å². The summed E-state index contributed by atoms with van der Waals surface area (Å²) in [6.45, 7) is 6.87. The van der Waals surface area contributed by atoms with E-state index in [-0.39, 0.29) is 0 Å². The maximum Gasteiger partial charge on any atom is 0.101 e. The van der Waals surface area contributed by atoms with E-state index in [0.29, 0.717) is 6.42 Å². The molecule has 0 aliphatic heterocycles. The highest BCUT2D eigenvalue weighted by atomic mass is 79.9. The Kier molecular flexibility index (Phi) is 4.65. The Morgan fingerprint density at radius 3 is 2.60 bits per heavy atom. The molecule has 0 aliphatic rings. The zero-order valence-electron chi connectivity index (χ0n) is 12.4. The minimum Gasteiger partial charge on any atom is -0.386 e. The van der Waals surface area contributed by atoms with Crippen LogP contribution in [0.5, 0.6) is 0 Å². The predicted molar refractivity (Wildman–Crippen MR) is 81.6 cm³/mol. The standard InChI is InChI=1S/C14H21BrN4O/c1-5-10-7-11(18(4)17-10)13(20)8-12-14(15)9(3)16-19(12)6-2/h7,13,20H,5-6,8H2,1-4H3. The SMILES string of the molecule is CCc1cc(C(O)Cc2c(Br)c(C)nn2CC)n(C)n1. The first-order valence-electron chi connectivity index (χ1n) is 6.90. The summed E-state index contributed by atoms with van der Waals surface area (Å²) in [6.07, 6.45) is 0.819. The third kappa shape index (κ3) is 2.81. The van der Waals surface area contributed by atoms with E-state index in [2.05, 4.69) is 33.1 Å². The number of halogens is 1. The van der Waals surface area contributed by atoms with Crippen LogP contribution in [0.3, 0.4) is 0 Å². The van der Waals surface area contributed by atoms with Gasteiger partial charge in [-0.1, -0.05) is 6.92 Å². The minimum absolute atomic E-state index is 0.526. The van der Waals surface area contributed by atoms with E-state index in [4.69, 9.17) is 0 Å². The smallest absolute Gasteiger partial charge is 0.101 e. The molecule has 2 heterocycles. The van der Waals surface area contributed by atoms with Crippen LogP contribution < -0.4 is 0 Å². The number of nitrogens with zero attached hydrogens (tertiary/aromatic N) is 4. The molecule has 0 aliphatic carbocycles. The molecule has 110 valence electrons. The van der Waals surface area contributed by atoms with Crippen molar-refractivity contribution in [1.82, 2.24) is 19.6 Å². The fourth-order valence-electron chi connectivity index (χ4n) is 2.38. The molecule has 0 spiro atoms. The van der Waals surface area contributed by atoms with Gasteiger partial charge in [0.15, 0.2) is 0 Å². The summed E-state index contributed by atoms with van der Waals surface area (Å²) in [7, 11) is 1.87. The number of hydrogen-bond donors (Lipinski definition) is 1. The molecule has 0 fully saturated rings. The quantitative estimate of drug-likeness (QED) is 0.909. The number of rotatable bonds is 5. The molecule has 0 bridgehead atoms.